The number of aryl methyl sites for hydroxylation is 1. The Morgan fingerprint density at radius 2 is 2.25 bits per heavy atom. The summed E-state index contributed by atoms with van der Waals surface area (Å²) in [6, 6.07) is 5.44. The van der Waals surface area contributed by atoms with E-state index in [-0.39, 0.29) is 11.2 Å². The van der Waals surface area contributed by atoms with Crippen molar-refractivity contribution in [2.75, 3.05) is 0 Å². The largest absolute Gasteiger partial charge is 0.224 e. The van der Waals surface area contributed by atoms with Crippen LogP contribution in [0.5, 0.6) is 0 Å². The van der Waals surface area contributed by atoms with Gasteiger partial charge in [-0.25, -0.2) is 7.60 Å². The van der Waals surface area contributed by atoms with Crippen LogP contribution in [0.2, 0.25) is 0 Å². The van der Waals surface area contributed by atoms with Gasteiger partial charge in [-0.05, 0) is 37.5 Å². The Hall–Kier alpha value is -0.450. The molecule has 1 aromatic carbocycles. The molecule has 1 aliphatic rings. The Morgan fingerprint density at radius 1 is 1.56 bits per heavy atom. The average Bonchev–Trinajstić information content (AvgIpc) is 2.95. The highest BCUT2D eigenvalue weighted by atomic mass is 127. The van der Waals surface area contributed by atoms with Crippen molar-refractivity contribution in [2.45, 2.75) is 32.6 Å². The van der Waals surface area contributed by atoms with Crippen LogP contribution in [-0.4, -0.2) is 5.71 Å². The van der Waals surface area contributed by atoms with Crippen molar-refractivity contribution in [1.29, 1.82) is 0 Å². The highest BCUT2D eigenvalue weighted by molar-refractivity contribution is 14.1. The van der Waals surface area contributed by atoms with Gasteiger partial charge in [0, 0.05) is 17.0 Å². The zero-order valence-corrected chi connectivity index (χ0v) is 11.9. The average molecular weight is 331 g/mol. The fourth-order valence-corrected chi connectivity index (χ4v) is 2.69. The molecular weight excluding hydrogens is 316 g/mol. The summed E-state index contributed by atoms with van der Waals surface area (Å²) in [6.07, 6.45) is 1.12. The molecule has 0 spiro atoms. The van der Waals surface area contributed by atoms with E-state index in [2.05, 4.69) is 17.1 Å². The molecule has 2 unspecified atom stereocenters. The van der Waals surface area contributed by atoms with E-state index in [0.717, 1.165) is 12.0 Å². The third-order valence-electron chi connectivity index (χ3n) is 3.69. The predicted octanol–water partition coefficient (Wildman–Crippen LogP) is 4.22. The smallest absolute Gasteiger partial charge is 0.126 e. The minimum atomic E-state index is -0.121. The second-order valence-electron chi connectivity index (χ2n) is 4.86. The summed E-state index contributed by atoms with van der Waals surface area (Å²) in [5, 5.41) is 0. The van der Waals surface area contributed by atoms with Crippen molar-refractivity contribution in [3.05, 3.63) is 35.1 Å². The molecule has 0 aliphatic heterocycles. The molecular formula is C13H15FIN. The number of hydrogen-bond donors (Lipinski definition) is 0. The first-order valence-electron chi connectivity index (χ1n) is 5.41. The number of rotatable bonds is 2. The maximum atomic E-state index is 13.2. The van der Waals surface area contributed by atoms with Gasteiger partial charge in [0.2, 0.25) is 0 Å². The molecule has 2 rings (SSSR count). The van der Waals surface area contributed by atoms with Crippen molar-refractivity contribution in [3.63, 3.8) is 0 Å². The monoisotopic (exact) mass is 331 g/mol. The molecule has 1 saturated carbocycles. The van der Waals surface area contributed by atoms with Gasteiger partial charge in [0.05, 0.1) is 22.9 Å². The summed E-state index contributed by atoms with van der Waals surface area (Å²) in [5.74, 6) is 0.401. The maximum Gasteiger partial charge on any atom is 0.126 e. The van der Waals surface area contributed by atoms with Crippen molar-refractivity contribution in [3.8, 4) is 0 Å². The summed E-state index contributed by atoms with van der Waals surface area (Å²) in [4.78, 5) is 0. The van der Waals surface area contributed by atoms with E-state index < -0.39 is 0 Å². The summed E-state index contributed by atoms with van der Waals surface area (Å²) < 4.78 is 17.4. The molecule has 0 aromatic heterocycles. The number of halogens is 2. The van der Waals surface area contributed by atoms with Crippen LogP contribution in [0.3, 0.4) is 0 Å². The van der Waals surface area contributed by atoms with Gasteiger partial charge in [0.1, 0.15) is 5.82 Å². The minimum Gasteiger partial charge on any atom is -0.224 e. The van der Waals surface area contributed by atoms with Crippen LogP contribution in [0.4, 0.5) is 4.39 Å². The summed E-state index contributed by atoms with van der Waals surface area (Å²) in [6.45, 7) is 6.12. The lowest BCUT2D eigenvalue weighted by molar-refractivity contribution is 0.615. The Labute approximate surface area is 110 Å². The van der Waals surface area contributed by atoms with Crippen LogP contribution in [0.1, 0.15) is 31.4 Å². The van der Waals surface area contributed by atoms with Crippen LogP contribution in [0.15, 0.2) is 21.4 Å². The number of hydrogen-bond acceptors (Lipinski definition) is 1. The summed E-state index contributed by atoms with van der Waals surface area (Å²) >= 11 is 2.04. The van der Waals surface area contributed by atoms with Crippen molar-refractivity contribution in [1.82, 2.24) is 0 Å². The Morgan fingerprint density at radius 3 is 2.81 bits per heavy atom. The molecule has 0 saturated heterocycles. The molecule has 0 amide bonds. The zero-order valence-electron chi connectivity index (χ0n) is 9.72. The molecule has 3 heteroatoms. The summed E-state index contributed by atoms with van der Waals surface area (Å²) in [5.41, 5.74) is 3.31. The lowest BCUT2D eigenvalue weighted by atomic mass is 9.93. The lowest BCUT2D eigenvalue weighted by Crippen LogP contribution is -2.09. The van der Waals surface area contributed by atoms with Gasteiger partial charge in [0.25, 0.3) is 0 Å². The second kappa shape index (κ2) is 4.09. The van der Waals surface area contributed by atoms with Gasteiger partial charge in [-0.1, -0.05) is 19.1 Å². The van der Waals surface area contributed by atoms with E-state index in [9.17, 15) is 4.39 Å². The van der Waals surface area contributed by atoms with Crippen LogP contribution in [0, 0.1) is 18.7 Å². The highest BCUT2D eigenvalue weighted by Gasteiger charge is 2.52. The molecule has 0 radical (unpaired) electrons. The minimum absolute atomic E-state index is 0.121. The standard InChI is InChI=1S/C13H15FIN/c1-8-6-10(4-5-12(8)14)13(3)7-11(13)9(2)16-15/h4-6,11H,7H2,1-3H3/b16-9+. The van der Waals surface area contributed by atoms with E-state index in [1.165, 1.54) is 11.3 Å². The van der Waals surface area contributed by atoms with Gasteiger partial charge in [-0.3, -0.25) is 0 Å². The Bertz CT molecular complexity index is 455. The van der Waals surface area contributed by atoms with Crippen molar-refractivity contribution >= 4 is 28.6 Å². The van der Waals surface area contributed by atoms with Gasteiger partial charge < -0.3 is 0 Å². The van der Waals surface area contributed by atoms with Crippen molar-refractivity contribution in [2.24, 2.45) is 9.12 Å². The molecule has 0 bridgehead atoms. The fourth-order valence-electron chi connectivity index (χ4n) is 2.35. The molecule has 86 valence electrons. The number of benzene rings is 1. The first kappa shape index (κ1) is 12.0. The van der Waals surface area contributed by atoms with E-state index in [0.29, 0.717) is 5.92 Å². The first-order chi connectivity index (χ1) is 7.49. The van der Waals surface area contributed by atoms with E-state index >= 15 is 0 Å². The van der Waals surface area contributed by atoms with Gasteiger partial charge in [0.15, 0.2) is 0 Å². The topological polar surface area (TPSA) is 12.4 Å². The third-order valence-corrected chi connectivity index (χ3v) is 4.45. The normalized spacial score (nSPS) is 29.3. The fraction of sp³-hybridized carbons (Fsp3) is 0.462. The van der Waals surface area contributed by atoms with Crippen LogP contribution in [0.25, 0.3) is 0 Å². The van der Waals surface area contributed by atoms with E-state index in [1.807, 2.05) is 41.9 Å². The second-order valence-corrected chi connectivity index (χ2v) is 5.35. The van der Waals surface area contributed by atoms with Gasteiger partial charge in [-0.15, -0.1) is 0 Å². The summed E-state index contributed by atoms with van der Waals surface area (Å²) in [7, 11) is 0. The van der Waals surface area contributed by atoms with Crippen LogP contribution >= 0.6 is 22.9 Å². The van der Waals surface area contributed by atoms with E-state index in [4.69, 9.17) is 0 Å². The zero-order chi connectivity index (χ0) is 11.9. The van der Waals surface area contributed by atoms with Gasteiger partial charge in [-0.2, -0.15) is 0 Å². The quantitative estimate of drug-likeness (QED) is 0.568. The highest BCUT2D eigenvalue weighted by Crippen LogP contribution is 2.54. The Kier molecular flexibility index (Phi) is 3.07. The predicted molar refractivity (Wildman–Crippen MR) is 73.7 cm³/mol. The molecule has 16 heavy (non-hydrogen) atoms. The molecule has 2 atom stereocenters. The molecule has 0 N–H and O–H groups in total. The van der Waals surface area contributed by atoms with E-state index in [1.54, 1.807) is 6.07 Å². The lowest BCUT2D eigenvalue weighted by Gasteiger charge is -2.12. The van der Waals surface area contributed by atoms with Crippen molar-refractivity contribution < 1.29 is 4.39 Å². The molecule has 1 aliphatic carbocycles. The SMILES string of the molecule is C/C(=N\I)C1CC1(C)c1ccc(F)c(C)c1. The first-order valence-corrected chi connectivity index (χ1v) is 6.37. The molecule has 1 nitrogen and oxygen atoms in total. The van der Waals surface area contributed by atoms with Crippen LogP contribution < -0.4 is 0 Å². The molecule has 1 aromatic rings. The molecule has 1 fully saturated rings. The number of nitrogens with zero attached hydrogens (tertiary/aromatic N) is 1. The maximum absolute atomic E-state index is 13.2. The van der Waals surface area contributed by atoms with Gasteiger partial charge >= 0.3 is 0 Å². The third kappa shape index (κ3) is 1.90. The Balaban J connectivity index is 2.30. The van der Waals surface area contributed by atoms with Crippen LogP contribution in [-0.2, 0) is 5.41 Å². The molecule has 0 heterocycles.